The van der Waals surface area contributed by atoms with Gasteiger partial charge in [0, 0.05) is 24.6 Å². The van der Waals surface area contributed by atoms with Crippen molar-refractivity contribution in [2.45, 2.75) is 51.2 Å². The van der Waals surface area contributed by atoms with E-state index in [1.165, 1.54) is 11.1 Å². The molecule has 1 N–H and O–H groups in total. The Kier molecular flexibility index (Phi) is 3.62. The van der Waals surface area contributed by atoms with Crippen molar-refractivity contribution in [3.8, 4) is 0 Å². The topological polar surface area (TPSA) is 38.0 Å². The van der Waals surface area contributed by atoms with Gasteiger partial charge in [-0.2, -0.15) is 5.10 Å². The number of benzene rings is 1. The zero-order chi connectivity index (χ0) is 14.1. The van der Waals surface area contributed by atoms with Gasteiger partial charge < -0.3 is 5.11 Å². The van der Waals surface area contributed by atoms with Gasteiger partial charge >= 0.3 is 0 Å². The summed E-state index contributed by atoms with van der Waals surface area (Å²) in [5.41, 5.74) is 3.70. The molecule has 0 radical (unpaired) electrons. The third-order valence-electron chi connectivity index (χ3n) is 4.25. The first-order valence-electron chi connectivity index (χ1n) is 7.45. The maximum atomic E-state index is 10.5. The lowest BCUT2D eigenvalue weighted by Gasteiger charge is -2.18. The molecule has 1 aromatic carbocycles. The van der Waals surface area contributed by atoms with E-state index >= 15 is 0 Å². The van der Waals surface area contributed by atoms with E-state index in [-0.39, 0.29) is 12.0 Å². The Labute approximate surface area is 120 Å². The molecule has 1 aliphatic carbocycles. The van der Waals surface area contributed by atoms with Crippen molar-refractivity contribution in [3.05, 3.63) is 53.3 Å². The number of hydrogen-bond acceptors (Lipinski definition) is 2. The van der Waals surface area contributed by atoms with Crippen LogP contribution in [-0.2, 0) is 12.8 Å². The predicted octanol–water partition coefficient (Wildman–Crippen LogP) is 3.10. The summed E-state index contributed by atoms with van der Waals surface area (Å²) in [4.78, 5) is 0. The number of aliphatic hydroxyl groups excluding tert-OH is 1. The summed E-state index contributed by atoms with van der Waals surface area (Å²) in [6.45, 7) is 4.22. The van der Waals surface area contributed by atoms with Gasteiger partial charge in [-0.05, 0) is 43.9 Å². The van der Waals surface area contributed by atoms with Crippen LogP contribution in [0.2, 0.25) is 0 Å². The summed E-state index contributed by atoms with van der Waals surface area (Å²) in [5.74, 6) is 0.260. The molecule has 1 heterocycles. The molecule has 0 aliphatic heterocycles. The Morgan fingerprint density at radius 3 is 2.85 bits per heavy atom. The fraction of sp³-hybridized carbons (Fsp3) is 0.471. The third-order valence-corrected chi connectivity index (χ3v) is 4.25. The van der Waals surface area contributed by atoms with Gasteiger partial charge in [0.15, 0.2) is 0 Å². The lowest BCUT2D eigenvalue weighted by Crippen LogP contribution is -2.19. The van der Waals surface area contributed by atoms with Gasteiger partial charge in [-0.15, -0.1) is 0 Å². The minimum absolute atomic E-state index is 0.260. The van der Waals surface area contributed by atoms with E-state index in [1.807, 2.05) is 16.9 Å². The molecule has 2 aromatic rings. The normalized spacial score (nSPS) is 19.3. The van der Waals surface area contributed by atoms with Gasteiger partial charge in [-0.1, -0.05) is 24.3 Å². The van der Waals surface area contributed by atoms with Crippen molar-refractivity contribution in [2.24, 2.45) is 0 Å². The number of hydrogen-bond donors (Lipinski definition) is 1. The van der Waals surface area contributed by atoms with Crippen molar-refractivity contribution in [3.63, 3.8) is 0 Å². The van der Waals surface area contributed by atoms with Crippen molar-refractivity contribution in [1.82, 2.24) is 9.78 Å². The van der Waals surface area contributed by atoms with Crippen molar-refractivity contribution in [1.29, 1.82) is 0 Å². The fourth-order valence-corrected chi connectivity index (χ4v) is 3.12. The van der Waals surface area contributed by atoms with Crippen LogP contribution in [-0.4, -0.2) is 21.0 Å². The average molecular weight is 270 g/mol. The molecule has 20 heavy (non-hydrogen) atoms. The minimum atomic E-state index is -0.339. The Hall–Kier alpha value is -1.61. The summed E-state index contributed by atoms with van der Waals surface area (Å²) in [6.07, 6.45) is 4.42. The number of nitrogens with zero attached hydrogens (tertiary/aromatic N) is 2. The van der Waals surface area contributed by atoms with Crippen LogP contribution in [0.25, 0.3) is 0 Å². The first kappa shape index (κ1) is 13.4. The van der Waals surface area contributed by atoms with Gasteiger partial charge in [0.1, 0.15) is 0 Å². The van der Waals surface area contributed by atoms with E-state index in [0.717, 1.165) is 18.5 Å². The van der Waals surface area contributed by atoms with Crippen molar-refractivity contribution in [2.75, 3.05) is 0 Å². The molecule has 1 aliphatic rings. The summed E-state index contributed by atoms with van der Waals surface area (Å²) in [6, 6.07) is 10.9. The van der Waals surface area contributed by atoms with E-state index in [2.05, 4.69) is 43.2 Å². The quantitative estimate of drug-likeness (QED) is 0.927. The molecule has 2 atom stereocenters. The van der Waals surface area contributed by atoms with Gasteiger partial charge in [-0.25, -0.2) is 0 Å². The standard InChI is InChI=1S/C17H22N2O/c1-12(2)19-10-9-14(18-19)11-17(20)16-8-7-13-5-3-4-6-15(13)16/h3-6,9-10,12,16-17,20H,7-8,11H2,1-2H3. The Morgan fingerprint density at radius 2 is 2.10 bits per heavy atom. The SMILES string of the molecule is CC(C)n1ccc(CC(O)C2CCc3ccccc32)n1. The molecule has 0 spiro atoms. The molecule has 0 amide bonds. The first-order chi connectivity index (χ1) is 9.65. The smallest absolute Gasteiger partial charge is 0.0664 e. The zero-order valence-corrected chi connectivity index (χ0v) is 12.2. The summed E-state index contributed by atoms with van der Waals surface area (Å²) in [7, 11) is 0. The van der Waals surface area contributed by atoms with Gasteiger partial charge in [-0.3, -0.25) is 4.68 Å². The first-order valence-corrected chi connectivity index (χ1v) is 7.45. The number of rotatable bonds is 4. The van der Waals surface area contributed by atoms with Crippen LogP contribution in [0, 0.1) is 0 Å². The molecule has 2 unspecified atom stereocenters. The number of aryl methyl sites for hydroxylation is 1. The van der Waals surface area contributed by atoms with Crippen LogP contribution in [0.5, 0.6) is 0 Å². The summed E-state index contributed by atoms with van der Waals surface area (Å²) in [5, 5.41) is 15.1. The van der Waals surface area contributed by atoms with Crippen molar-refractivity contribution >= 4 is 0 Å². The van der Waals surface area contributed by atoms with Crippen LogP contribution < -0.4 is 0 Å². The lowest BCUT2D eigenvalue weighted by atomic mass is 9.92. The fourth-order valence-electron chi connectivity index (χ4n) is 3.12. The van der Waals surface area contributed by atoms with Gasteiger partial charge in [0.25, 0.3) is 0 Å². The second kappa shape index (κ2) is 5.41. The van der Waals surface area contributed by atoms with Crippen LogP contribution in [0.1, 0.15) is 49.0 Å². The third kappa shape index (κ3) is 2.50. The highest BCUT2D eigenvalue weighted by atomic mass is 16.3. The molecule has 0 saturated heterocycles. The Morgan fingerprint density at radius 1 is 1.30 bits per heavy atom. The summed E-state index contributed by atoms with van der Waals surface area (Å²) < 4.78 is 1.95. The molecule has 0 bridgehead atoms. The molecule has 3 rings (SSSR count). The van der Waals surface area contributed by atoms with E-state index in [0.29, 0.717) is 12.5 Å². The molecule has 0 fully saturated rings. The Bertz CT molecular complexity index is 588. The molecular formula is C17H22N2O. The minimum Gasteiger partial charge on any atom is -0.392 e. The number of aliphatic hydroxyl groups is 1. The molecule has 1 aromatic heterocycles. The van der Waals surface area contributed by atoms with E-state index < -0.39 is 0 Å². The van der Waals surface area contributed by atoms with E-state index in [9.17, 15) is 5.11 Å². The average Bonchev–Trinajstić information content (AvgIpc) is 3.04. The van der Waals surface area contributed by atoms with Gasteiger partial charge in [0.05, 0.1) is 11.8 Å². The second-order valence-corrected chi connectivity index (χ2v) is 6.00. The highest BCUT2D eigenvalue weighted by Crippen LogP contribution is 2.36. The molecule has 3 nitrogen and oxygen atoms in total. The highest BCUT2D eigenvalue weighted by Gasteiger charge is 2.28. The number of aromatic nitrogens is 2. The molecular weight excluding hydrogens is 248 g/mol. The van der Waals surface area contributed by atoms with Gasteiger partial charge in [0.2, 0.25) is 0 Å². The van der Waals surface area contributed by atoms with Crippen LogP contribution in [0.4, 0.5) is 0 Å². The maximum absolute atomic E-state index is 10.5. The highest BCUT2D eigenvalue weighted by molar-refractivity contribution is 5.35. The van der Waals surface area contributed by atoms with Crippen molar-refractivity contribution < 1.29 is 5.11 Å². The maximum Gasteiger partial charge on any atom is 0.0664 e. The second-order valence-electron chi connectivity index (χ2n) is 6.00. The predicted molar refractivity (Wildman–Crippen MR) is 79.8 cm³/mol. The van der Waals surface area contributed by atoms with E-state index in [1.54, 1.807) is 0 Å². The molecule has 3 heteroatoms. The monoisotopic (exact) mass is 270 g/mol. The Balaban J connectivity index is 1.72. The summed E-state index contributed by atoms with van der Waals surface area (Å²) >= 11 is 0. The molecule has 0 saturated carbocycles. The van der Waals surface area contributed by atoms with Crippen LogP contribution in [0.15, 0.2) is 36.5 Å². The van der Waals surface area contributed by atoms with Crippen LogP contribution >= 0.6 is 0 Å². The largest absolute Gasteiger partial charge is 0.392 e. The zero-order valence-electron chi connectivity index (χ0n) is 12.2. The molecule has 106 valence electrons. The van der Waals surface area contributed by atoms with Crippen LogP contribution in [0.3, 0.4) is 0 Å². The lowest BCUT2D eigenvalue weighted by molar-refractivity contribution is 0.141. The number of fused-ring (bicyclic) bond motifs is 1. The van der Waals surface area contributed by atoms with E-state index in [4.69, 9.17) is 0 Å².